The standard InChI is InChI=1S/C13H21N5OS/c1-4-10-8-11(5-2)18(17-10)13-16-15-12(20-13)9-14-6-7-19-3/h8,14H,4-7,9H2,1-3H3. The lowest BCUT2D eigenvalue weighted by Crippen LogP contribution is -2.18. The zero-order valence-corrected chi connectivity index (χ0v) is 13.0. The Balaban J connectivity index is 2.06. The van der Waals surface area contributed by atoms with Gasteiger partial charge in [-0.1, -0.05) is 25.2 Å². The van der Waals surface area contributed by atoms with Crippen molar-refractivity contribution in [2.75, 3.05) is 20.3 Å². The van der Waals surface area contributed by atoms with Crippen LogP contribution in [0.25, 0.3) is 5.13 Å². The summed E-state index contributed by atoms with van der Waals surface area (Å²) in [5, 5.41) is 18.1. The number of hydrogen-bond donors (Lipinski definition) is 1. The van der Waals surface area contributed by atoms with E-state index in [4.69, 9.17) is 4.74 Å². The quantitative estimate of drug-likeness (QED) is 0.749. The summed E-state index contributed by atoms with van der Waals surface area (Å²) in [5.41, 5.74) is 2.27. The van der Waals surface area contributed by atoms with E-state index in [1.807, 2.05) is 4.68 Å². The summed E-state index contributed by atoms with van der Waals surface area (Å²) in [6.45, 7) is 6.46. The largest absolute Gasteiger partial charge is 0.383 e. The zero-order valence-electron chi connectivity index (χ0n) is 12.2. The van der Waals surface area contributed by atoms with Crippen LogP contribution in [0.4, 0.5) is 0 Å². The highest BCUT2D eigenvalue weighted by molar-refractivity contribution is 7.13. The molecule has 7 heteroatoms. The maximum atomic E-state index is 4.99. The van der Waals surface area contributed by atoms with Gasteiger partial charge in [0.15, 0.2) is 0 Å². The van der Waals surface area contributed by atoms with Crippen molar-refractivity contribution in [3.63, 3.8) is 0 Å². The lowest BCUT2D eigenvalue weighted by molar-refractivity contribution is 0.199. The molecule has 0 fully saturated rings. The molecule has 0 amide bonds. The molecule has 6 nitrogen and oxygen atoms in total. The van der Waals surface area contributed by atoms with E-state index in [9.17, 15) is 0 Å². The van der Waals surface area contributed by atoms with E-state index in [1.54, 1.807) is 18.4 Å². The summed E-state index contributed by atoms with van der Waals surface area (Å²) >= 11 is 1.57. The third-order valence-corrected chi connectivity index (χ3v) is 3.85. The predicted molar refractivity (Wildman–Crippen MR) is 79.4 cm³/mol. The fourth-order valence-corrected chi connectivity index (χ4v) is 2.63. The summed E-state index contributed by atoms with van der Waals surface area (Å²) in [5.74, 6) is 0. The number of aromatic nitrogens is 4. The molecule has 0 atom stereocenters. The molecule has 20 heavy (non-hydrogen) atoms. The van der Waals surface area contributed by atoms with Crippen molar-refractivity contribution in [2.45, 2.75) is 33.2 Å². The van der Waals surface area contributed by atoms with E-state index in [1.165, 1.54) is 5.69 Å². The van der Waals surface area contributed by atoms with Gasteiger partial charge in [-0.2, -0.15) is 5.10 Å². The molecule has 0 aliphatic heterocycles. The number of nitrogens with one attached hydrogen (secondary N) is 1. The van der Waals surface area contributed by atoms with Crippen molar-refractivity contribution in [3.05, 3.63) is 22.5 Å². The molecular weight excluding hydrogens is 274 g/mol. The van der Waals surface area contributed by atoms with E-state index >= 15 is 0 Å². The molecule has 0 unspecified atom stereocenters. The monoisotopic (exact) mass is 295 g/mol. The number of rotatable bonds is 8. The zero-order chi connectivity index (χ0) is 14.4. The molecule has 0 aliphatic rings. The van der Waals surface area contributed by atoms with E-state index < -0.39 is 0 Å². The number of ether oxygens (including phenoxy) is 1. The fraction of sp³-hybridized carbons (Fsp3) is 0.615. The number of aryl methyl sites for hydroxylation is 2. The summed E-state index contributed by atoms with van der Waals surface area (Å²) in [4.78, 5) is 0. The third kappa shape index (κ3) is 3.62. The molecule has 1 N–H and O–H groups in total. The van der Waals surface area contributed by atoms with E-state index in [0.29, 0.717) is 13.2 Å². The van der Waals surface area contributed by atoms with Crippen molar-refractivity contribution < 1.29 is 4.74 Å². The SMILES string of the molecule is CCc1cc(CC)n(-c2nnc(CNCCOC)s2)n1. The molecule has 0 aromatic carbocycles. The first-order chi connectivity index (χ1) is 9.78. The fourth-order valence-electron chi connectivity index (χ4n) is 1.84. The van der Waals surface area contributed by atoms with Crippen LogP contribution in [-0.4, -0.2) is 40.2 Å². The van der Waals surface area contributed by atoms with Gasteiger partial charge in [-0.15, -0.1) is 10.2 Å². The van der Waals surface area contributed by atoms with Gasteiger partial charge in [0, 0.05) is 25.9 Å². The van der Waals surface area contributed by atoms with Crippen LogP contribution in [0.15, 0.2) is 6.07 Å². The van der Waals surface area contributed by atoms with Gasteiger partial charge >= 0.3 is 0 Å². The molecular formula is C13H21N5OS. The first-order valence-corrected chi connectivity index (χ1v) is 7.70. The van der Waals surface area contributed by atoms with Crippen LogP contribution in [-0.2, 0) is 24.1 Å². The van der Waals surface area contributed by atoms with Crippen LogP contribution in [0.3, 0.4) is 0 Å². The third-order valence-electron chi connectivity index (χ3n) is 2.95. The molecule has 110 valence electrons. The Labute approximate surface area is 123 Å². The van der Waals surface area contributed by atoms with Gasteiger partial charge in [-0.25, -0.2) is 4.68 Å². The molecule has 0 aliphatic carbocycles. The Bertz CT molecular complexity index is 537. The second kappa shape index (κ2) is 7.47. The van der Waals surface area contributed by atoms with Crippen LogP contribution in [0.1, 0.15) is 30.2 Å². The van der Waals surface area contributed by atoms with E-state index in [0.717, 1.165) is 35.2 Å². The Hall–Kier alpha value is -1.31. The lowest BCUT2D eigenvalue weighted by Gasteiger charge is -2.00. The average Bonchev–Trinajstić information content (AvgIpc) is 3.09. The maximum absolute atomic E-state index is 4.99. The highest BCUT2D eigenvalue weighted by atomic mass is 32.1. The Morgan fingerprint density at radius 1 is 1.30 bits per heavy atom. The van der Waals surface area contributed by atoms with Crippen molar-refractivity contribution in [2.24, 2.45) is 0 Å². The Kier molecular flexibility index (Phi) is 5.63. The summed E-state index contributed by atoms with van der Waals surface area (Å²) in [6, 6.07) is 2.14. The number of nitrogens with zero attached hydrogens (tertiary/aromatic N) is 4. The van der Waals surface area contributed by atoms with Crippen molar-refractivity contribution in [1.82, 2.24) is 25.3 Å². The summed E-state index contributed by atoms with van der Waals surface area (Å²) in [6.07, 6.45) is 1.87. The topological polar surface area (TPSA) is 64.9 Å². The highest BCUT2D eigenvalue weighted by Gasteiger charge is 2.12. The summed E-state index contributed by atoms with van der Waals surface area (Å²) < 4.78 is 6.90. The van der Waals surface area contributed by atoms with Gasteiger partial charge in [0.1, 0.15) is 5.01 Å². The average molecular weight is 295 g/mol. The predicted octanol–water partition coefficient (Wildman–Crippen LogP) is 1.58. The minimum atomic E-state index is 0.699. The molecule has 0 saturated heterocycles. The molecule has 0 radical (unpaired) electrons. The number of hydrogen-bond acceptors (Lipinski definition) is 6. The summed E-state index contributed by atoms with van der Waals surface area (Å²) in [7, 11) is 1.69. The van der Waals surface area contributed by atoms with E-state index in [-0.39, 0.29) is 0 Å². The smallest absolute Gasteiger partial charge is 0.233 e. The van der Waals surface area contributed by atoms with Crippen LogP contribution < -0.4 is 5.32 Å². The van der Waals surface area contributed by atoms with Crippen molar-refractivity contribution in [1.29, 1.82) is 0 Å². The molecule has 2 rings (SSSR count). The van der Waals surface area contributed by atoms with Gasteiger partial charge in [-0.3, -0.25) is 0 Å². The minimum absolute atomic E-state index is 0.699. The normalized spacial score (nSPS) is 11.2. The maximum Gasteiger partial charge on any atom is 0.233 e. The molecule has 2 aromatic rings. The molecule has 2 aromatic heterocycles. The van der Waals surface area contributed by atoms with Crippen molar-refractivity contribution >= 4 is 11.3 Å². The van der Waals surface area contributed by atoms with Gasteiger partial charge in [0.25, 0.3) is 0 Å². The molecule has 0 spiro atoms. The van der Waals surface area contributed by atoms with Crippen LogP contribution >= 0.6 is 11.3 Å². The first kappa shape index (κ1) is 15.1. The highest BCUT2D eigenvalue weighted by Crippen LogP contribution is 2.18. The molecule has 0 saturated carbocycles. The Morgan fingerprint density at radius 2 is 2.15 bits per heavy atom. The second-order valence-corrected chi connectivity index (χ2v) is 5.43. The lowest BCUT2D eigenvalue weighted by atomic mass is 10.3. The van der Waals surface area contributed by atoms with Gasteiger partial charge < -0.3 is 10.1 Å². The molecule has 2 heterocycles. The van der Waals surface area contributed by atoms with Crippen LogP contribution in [0.2, 0.25) is 0 Å². The van der Waals surface area contributed by atoms with Crippen LogP contribution in [0.5, 0.6) is 0 Å². The number of methoxy groups -OCH3 is 1. The van der Waals surface area contributed by atoms with E-state index in [2.05, 4.69) is 40.5 Å². The van der Waals surface area contributed by atoms with Gasteiger partial charge in [-0.05, 0) is 18.9 Å². The minimum Gasteiger partial charge on any atom is -0.383 e. The Morgan fingerprint density at radius 3 is 2.85 bits per heavy atom. The van der Waals surface area contributed by atoms with Crippen LogP contribution in [0, 0.1) is 0 Å². The van der Waals surface area contributed by atoms with Crippen molar-refractivity contribution in [3.8, 4) is 5.13 Å². The molecule has 0 bridgehead atoms. The first-order valence-electron chi connectivity index (χ1n) is 6.88. The van der Waals surface area contributed by atoms with Gasteiger partial charge in [0.05, 0.1) is 12.3 Å². The second-order valence-electron chi connectivity index (χ2n) is 4.39. The van der Waals surface area contributed by atoms with Gasteiger partial charge in [0.2, 0.25) is 5.13 Å².